The maximum Gasteiger partial charge on any atom is 0.329 e. The Morgan fingerprint density at radius 2 is 1.85 bits per heavy atom. The zero-order valence-corrected chi connectivity index (χ0v) is 18.5. The lowest BCUT2D eigenvalue weighted by atomic mass is 9.81. The molecule has 3 aromatic rings. The number of aromatic amines is 1. The lowest BCUT2D eigenvalue weighted by molar-refractivity contribution is 0.0581. The van der Waals surface area contributed by atoms with Crippen LogP contribution in [0.2, 0.25) is 0 Å². The summed E-state index contributed by atoms with van der Waals surface area (Å²) in [5.41, 5.74) is -0.765. The van der Waals surface area contributed by atoms with Gasteiger partial charge in [-0.15, -0.1) is 0 Å². The fraction of sp³-hybridized carbons (Fsp3) is 0.320. The summed E-state index contributed by atoms with van der Waals surface area (Å²) in [6.07, 6.45) is 0.452. The summed E-state index contributed by atoms with van der Waals surface area (Å²) in [4.78, 5) is 41.9. The number of aromatic nitrogens is 2. The van der Waals surface area contributed by atoms with E-state index < -0.39 is 52.2 Å². The van der Waals surface area contributed by atoms with Gasteiger partial charge in [0.2, 0.25) is 5.75 Å². The highest BCUT2D eigenvalue weighted by Crippen LogP contribution is 2.44. The molecule has 0 saturated carbocycles. The van der Waals surface area contributed by atoms with E-state index in [0.717, 1.165) is 10.6 Å². The maximum atomic E-state index is 14.9. The standard InChI is InChI=1S/C25H21F2N3O4/c1-12(2)29-11-19(30-21(24(29)33)22(31)23(32)28-25(30)34)20-15-5-3-7-17(26)13(15)9-10-14-16(20)6-4-8-18(14)27/h3,5,7-8,12,19-20,31H,9-11H2,1-2H3,(H,28,32,34). The van der Waals surface area contributed by atoms with E-state index in [1.54, 1.807) is 19.9 Å². The topological polar surface area (TPSA) is 95.4 Å². The Kier molecular flexibility index (Phi) is 5.04. The first-order valence-corrected chi connectivity index (χ1v) is 11.0. The number of nitrogens with one attached hydrogen (secondary N) is 1. The first-order chi connectivity index (χ1) is 16.2. The summed E-state index contributed by atoms with van der Waals surface area (Å²) < 4.78 is 30.9. The molecular formula is C25H21F2N3O4. The van der Waals surface area contributed by atoms with Gasteiger partial charge in [-0.05, 0) is 43.9 Å². The van der Waals surface area contributed by atoms with Crippen molar-refractivity contribution in [3.05, 3.63) is 96.8 Å². The average molecular weight is 465 g/mol. The molecule has 2 N–H and O–H groups in total. The molecule has 2 unspecified atom stereocenters. The summed E-state index contributed by atoms with van der Waals surface area (Å²) in [5.74, 6) is -3.31. The van der Waals surface area contributed by atoms with Gasteiger partial charge in [0.15, 0.2) is 5.69 Å². The lowest BCUT2D eigenvalue weighted by Crippen LogP contribution is -2.53. The number of benzene rings is 1. The lowest BCUT2D eigenvalue weighted by Gasteiger charge is -2.41. The number of carbonyl (C=O) groups is 1. The highest BCUT2D eigenvalue weighted by atomic mass is 19.1. The second-order valence-electron chi connectivity index (χ2n) is 8.88. The highest BCUT2D eigenvalue weighted by molar-refractivity contribution is 5.96. The van der Waals surface area contributed by atoms with Gasteiger partial charge in [-0.1, -0.05) is 24.3 Å². The normalized spacial score (nSPS) is 17.6. The SMILES string of the molecule is CC(C)N1CC(C2c3c#ccc(F)c3CCc3c(F)cccc32)n2c(c(O)c(=O)[nH]c2=O)C1=O. The second-order valence-corrected chi connectivity index (χ2v) is 8.88. The molecule has 2 aromatic carbocycles. The Morgan fingerprint density at radius 1 is 1.12 bits per heavy atom. The minimum atomic E-state index is -1.08. The van der Waals surface area contributed by atoms with E-state index in [0.29, 0.717) is 22.3 Å². The van der Waals surface area contributed by atoms with Crippen molar-refractivity contribution in [2.24, 2.45) is 0 Å². The van der Waals surface area contributed by atoms with Crippen LogP contribution in [0.3, 0.4) is 0 Å². The molecule has 2 aliphatic rings. The Bertz CT molecular complexity index is 1390. The number of nitrogens with zero attached hydrogens (tertiary/aromatic N) is 2. The van der Waals surface area contributed by atoms with E-state index in [-0.39, 0.29) is 25.4 Å². The van der Waals surface area contributed by atoms with Crippen LogP contribution in [0.1, 0.15) is 58.5 Å². The summed E-state index contributed by atoms with van der Waals surface area (Å²) in [7, 11) is 0. The fourth-order valence-corrected chi connectivity index (χ4v) is 5.19. The number of fused-ring (bicyclic) bond motifs is 3. The maximum absolute atomic E-state index is 14.9. The van der Waals surface area contributed by atoms with Gasteiger partial charge >= 0.3 is 5.69 Å². The Hall–Kier alpha value is -3.93. The number of rotatable bonds is 2. The zero-order valence-electron chi connectivity index (χ0n) is 18.5. The predicted molar refractivity (Wildman–Crippen MR) is 118 cm³/mol. The quantitative estimate of drug-likeness (QED) is 0.608. The molecule has 1 aromatic heterocycles. The first kappa shape index (κ1) is 21.9. The molecular weight excluding hydrogens is 444 g/mol. The molecule has 0 bridgehead atoms. The van der Waals surface area contributed by atoms with E-state index in [1.807, 2.05) is 0 Å². The van der Waals surface area contributed by atoms with Gasteiger partial charge in [-0.25, -0.2) is 13.6 Å². The highest BCUT2D eigenvalue weighted by Gasteiger charge is 2.43. The largest absolute Gasteiger partial charge is 0.501 e. The molecule has 174 valence electrons. The van der Waals surface area contributed by atoms with Crippen LogP contribution in [-0.2, 0) is 12.8 Å². The van der Waals surface area contributed by atoms with Crippen molar-refractivity contribution in [2.45, 2.75) is 44.7 Å². The molecule has 0 radical (unpaired) electrons. The Balaban J connectivity index is 1.87. The van der Waals surface area contributed by atoms with Crippen LogP contribution in [0.15, 0.2) is 33.9 Å². The summed E-state index contributed by atoms with van der Waals surface area (Å²) in [6.45, 7) is 3.54. The number of amides is 1. The van der Waals surface area contributed by atoms with Crippen LogP contribution >= 0.6 is 0 Å². The van der Waals surface area contributed by atoms with Crippen LogP contribution in [-0.4, -0.2) is 38.1 Å². The number of aromatic hydroxyl groups is 1. The number of carbonyl (C=O) groups excluding carboxylic acids is 1. The number of H-pyrrole nitrogens is 1. The average Bonchev–Trinajstić information content (AvgIpc) is 2.96. The van der Waals surface area contributed by atoms with Crippen molar-refractivity contribution in [3.8, 4) is 5.75 Å². The fourth-order valence-electron chi connectivity index (χ4n) is 5.19. The van der Waals surface area contributed by atoms with E-state index in [1.165, 1.54) is 17.0 Å². The molecule has 34 heavy (non-hydrogen) atoms. The van der Waals surface area contributed by atoms with Gasteiger partial charge in [-0.3, -0.25) is 19.1 Å². The minimum Gasteiger partial charge on any atom is -0.501 e. The molecule has 1 aliphatic heterocycles. The van der Waals surface area contributed by atoms with Crippen molar-refractivity contribution in [1.82, 2.24) is 14.5 Å². The van der Waals surface area contributed by atoms with Gasteiger partial charge in [0.1, 0.15) is 11.6 Å². The smallest absolute Gasteiger partial charge is 0.329 e. The van der Waals surface area contributed by atoms with Crippen LogP contribution in [0, 0.1) is 23.8 Å². The van der Waals surface area contributed by atoms with E-state index in [4.69, 9.17) is 0 Å². The molecule has 2 heterocycles. The van der Waals surface area contributed by atoms with Crippen LogP contribution in [0.25, 0.3) is 0 Å². The number of hydrogen-bond donors (Lipinski definition) is 2. The molecule has 9 heteroatoms. The molecule has 1 amide bonds. The second kappa shape index (κ2) is 7.83. The molecule has 2 atom stereocenters. The van der Waals surface area contributed by atoms with Gasteiger partial charge in [0.25, 0.3) is 11.5 Å². The van der Waals surface area contributed by atoms with Crippen molar-refractivity contribution < 1.29 is 18.7 Å². The van der Waals surface area contributed by atoms with Gasteiger partial charge in [-0.2, -0.15) is 0 Å². The Labute approximate surface area is 193 Å². The van der Waals surface area contributed by atoms with Crippen molar-refractivity contribution in [2.75, 3.05) is 6.54 Å². The molecule has 0 fully saturated rings. The third-order valence-electron chi connectivity index (χ3n) is 6.75. The van der Waals surface area contributed by atoms with Crippen LogP contribution in [0.4, 0.5) is 8.78 Å². The van der Waals surface area contributed by atoms with Gasteiger partial charge in [0, 0.05) is 35.7 Å². The summed E-state index contributed by atoms with van der Waals surface area (Å²) >= 11 is 0. The van der Waals surface area contributed by atoms with Crippen molar-refractivity contribution in [1.29, 1.82) is 0 Å². The monoisotopic (exact) mass is 465 g/mol. The van der Waals surface area contributed by atoms with E-state index in [2.05, 4.69) is 17.1 Å². The number of halogens is 2. The van der Waals surface area contributed by atoms with Crippen molar-refractivity contribution >= 4 is 5.91 Å². The molecule has 0 spiro atoms. The predicted octanol–water partition coefficient (Wildman–Crippen LogP) is 2.46. The van der Waals surface area contributed by atoms with Crippen LogP contribution in [0.5, 0.6) is 5.75 Å². The molecule has 1 aliphatic carbocycles. The third kappa shape index (κ3) is 3.13. The molecule has 0 saturated heterocycles. The van der Waals surface area contributed by atoms with E-state index >= 15 is 0 Å². The van der Waals surface area contributed by atoms with Crippen molar-refractivity contribution in [3.63, 3.8) is 0 Å². The third-order valence-corrected chi connectivity index (χ3v) is 6.75. The van der Waals surface area contributed by atoms with Gasteiger partial charge in [0.05, 0.1) is 6.04 Å². The first-order valence-electron chi connectivity index (χ1n) is 11.0. The van der Waals surface area contributed by atoms with E-state index in [9.17, 15) is 28.3 Å². The minimum absolute atomic E-state index is 0.0132. The zero-order chi connectivity index (χ0) is 24.3. The molecule has 7 nitrogen and oxygen atoms in total. The molecule has 5 rings (SSSR count). The van der Waals surface area contributed by atoms with Crippen LogP contribution < -0.4 is 11.2 Å². The summed E-state index contributed by atoms with van der Waals surface area (Å²) in [6, 6.07) is 10.2. The summed E-state index contributed by atoms with van der Waals surface area (Å²) in [5, 5.41) is 10.5. The number of hydrogen-bond acceptors (Lipinski definition) is 4. The van der Waals surface area contributed by atoms with Gasteiger partial charge < -0.3 is 10.0 Å². The Morgan fingerprint density at radius 3 is 2.59 bits per heavy atom.